The molecule has 2 unspecified atom stereocenters. The van der Waals surface area contributed by atoms with Gasteiger partial charge in [-0.2, -0.15) is 0 Å². The lowest BCUT2D eigenvalue weighted by Gasteiger charge is -2.37. The lowest BCUT2D eigenvalue weighted by Crippen LogP contribution is -2.53. The van der Waals surface area contributed by atoms with Crippen molar-refractivity contribution in [2.75, 3.05) is 32.7 Å². The van der Waals surface area contributed by atoms with E-state index in [0.717, 1.165) is 44.2 Å². The van der Waals surface area contributed by atoms with Gasteiger partial charge < -0.3 is 9.84 Å². The summed E-state index contributed by atoms with van der Waals surface area (Å²) in [4.78, 5) is 17.2. The van der Waals surface area contributed by atoms with Gasteiger partial charge in [-0.3, -0.25) is 14.6 Å². The Bertz CT molecular complexity index is 723. The molecule has 1 aliphatic heterocycles. The van der Waals surface area contributed by atoms with Crippen molar-refractivity contribution < 1.29 is 9.32 Å². The molecule has 0 aliphatic carbocycles. The molecule has 0 radical (unpaired) electrons. The normalized spacial score (nSPS) is 18.2. The summed E-state index contributed by atoms with van der Waals surface area (Å²) >= 11 is 0. The summed E-state index contributed by atoms with van der Waals surface area (Å²) in [5.41, 5.74) is 2.17. The minimum Gasteiger partial charge on any atom is -0.360 e. The summed E-state index contributed by atoms with van der Waals surface area (Å²) in [5, 5.41) is 7.05. The molecule has 1 aromatic carbocycles. The van der Waals surface area contributed by atoms with E-state index in [2.05, 4.69) is 39.3 Å². The predicted octanol–water partition coefficient (Wildman–Crippen LogP) is 2.41. The van der Waals surface area contributed by atoms with Crippen molar-refractivity contribution in [1.82, 2.24) is 20.3 Å². The maximum atomic E-state index is 12.6. The molecule has 1 saturated heterocycles. The second kappa shape index (κ2) is 9.15. The van der Waals surface area contributed by atoms with E-state index in [4.69, 9.17) is 4.52 Å². The summed E-state index contributed by atoms with van der Waals surface area (Å²) in [5.74, 6) is 1.32. The van der Waals surface area contributed by atoms with Crippen LogP contribution in [0.4, 0.5) is 0 Å². The highest BCUT2D eigenvalue weighted by molar-refractivity contribution is 5.81. The number of carbonyl (C=O) groups is 1. The van der Waals surface area contributed by atoms with Crippen molar-refractivity contribution in [3.8, 4) is 0 Å². The highest BCUT2D eigenvalue weighted by atomic mass is 16.5. The SMILES string of the molecule is Cc1cc(CN2CCN(C(C)C(=O)NCC(C)c3ccccc3)CC2)on1. The Kier molecular flexibility index (Phi) is 6.63. The van der Waals surface area contributed by atoms with E-state index in [1.54, 1.807) is 0 Å². The zero-order valence-corrected chi connectivity index (χ0v) is 16.5. The lowest BCUT2D eigenvalue weighted by molar-refractivity contribution is -0.126. The van der Waals surface area contributed by atoms with E-state index in [-0.39, 0.29) is 11.9 Å². The van der Waals surface area contributed by atoms with Gasteiger partial charge in [0.15, 0.2) is 5.76 Å². The standard InChI is InChI=1S/C21H30N4O2/c1-16(19-7-5-4-6-8-19)14-22-21(26)18(3)25-11-9-24(10-12-25)15-20-13-17(2)23-27-20/h4-8,13,16,18H,9-12,14-15H2,1-3H3,(H,22,26). The third kappa shape index (κ3) is 5.40. The Morgan fingerprint density at radius 1 is 1.19 bits per heavy atom. The van der Waals surface area contributed by atoms with Crippen molar-refractivity contribution in [1.29, 1.82) is 0 Å². The molecule has 3 rings (SSSR count). The largest absolute Gasteiger partial charge is 0.360 e. The molecule has 2 atom stereocenters. The first-order valence-electron chi connectivity index (χ1n) is 9.74. The molecule has 2 aromatic rings. The van der Waals surface area contributed by atoms with E-state index in [1.807, 2.05) is 38.1 Å². The van der Waals surface area contributed by atoms with Gasteiger partial charge in [0, 0.05) is 38.8 Å². The average molecular weight is 370 g/mol. The number of hydrogen-bond donors (Lipinski definition) is 1. The quantitative estimate of drug-likeness (QED) is 0.811. The number of hydrogen-bond acceptors (Lipinski definition) is 5. The molecule has 0 saturated carbocycles. The second-order valence-corrected chi connectivity index (χ2v) is 7.48. The summed E-state index contributed by atoms with van der Waals surface area (Å²) in [7, 11) is 0. The predicted molar refractivity (Wildman–Crippen MR) is 105 cm³/mol. The van der Waals surface area contributed by atoms with E-state index < -0.39 is 0 Å². The maximum Gasteiger partial charge on any atom is 0.237 e. The average Bonchev–Trinajstić information content (AvgIpc) is 3.11. The fourth-order valence-electron chi connectivity index (χ4n) is 3.49. The molecule has 0 spiro atoms. The first-order chi connectivity index (χ1) is 13.0. The summed E-state index contributed by atoms with van der Waals surface area (Å²) < 4.78 is 5.30. The smallest absolute Gasteiger partial charge is 0.237 e. The third-order valence-corrected chi connectivity index (χ3v) is 5.34. The van der Waals surface area contributed by atoms with Gasteiger partial charge in [0.1, 0.15) is 0 Å². The Labute approximate surface area is 161 Å². The summed E-state index contributed by atoms with van der Waals surface area (Å²) in [6.07, 6.45) is 0. The lowest BCUT2D eigenvalue weighted by atomic mass is 10.0. The first-order valence-corrected chi connectivity index (χ1v) is 9.74. The first kappa shape index (κ1) is 19.6. The minimum atomic E-state index is -0.109. The molecule has 2 heterocycles. The number of nitrogens with one attached hydrogen (secondary N) is 1. The van der Waals surface area contributed by atoms with Crippen molar-refractivity contribution in [3.63, 3.8) is 0 Å². The van der Waals surface area contributed by atoms with Crippen molar-refractivity contribution in [3.05, 3.63) is 53.4 Å². The Balaban J connectivity index is 1.41. The van der Waals surface area contributed by atoms with Crippen LogP contribution in [0.1, 0.15) is 36.8 Å². The fraction of sp³-hybridized carbons (Fsp3) is 0.524. The van der Waals surface area contributed by atoms with Gasteiger partial charge in [-0.25, -0.2) is 0 Å². The van der Waals surface area contributed by atoms with Crippen LogP contribution in [0, 0.1) is 6.92 Å². The Morgan fingerprint density at radius 2 is 1.89 bits per heavy atom. The van der Waals surface area contributed by atoms with E-state index in [9.17, 15) is 4.79 Å². The molecule has 1 N–H and O–H groups in total. The molecular formula is C21H30N4O2. The third-order valence-electron chi connectivity index (χ3n) is 5.34. The van der Waals surface area contributed by atoms with E-state index >= 15 is 0 Å². The molecule has 0 bridgehead atoms. The minimum absolute atomic E-state index is 0.108. The van der Waals surface area contributed by atoms with E-state index in [1.165, 1.54) is 5.56 Å². The van der Waals surface area contributed by atoms with Crippen LogP contribution in [-0.2, 0) is 11.3 Å². The number of rotatable bonds is 7. The van der Waals surface area contributed by atoms with Gasteiger partial charge in [-0.05, 0) is 25.3 Å². The van der Waals surface area contributed by atoms with Crippen LogP contribution in [0.25, 0.3) is 0 Å². The van der Waals surface area contributed by atoms with E-state index in [0.29, 0.717) is 12.5 Å². The molecule has 27 heavy (non-hydrogen) atoms. The van der Waals surface area contributed by atoms with Crippen LogP contribution >= 0.6 is 0 Å². The van der Waals surface area contributed by atoms with Crippen molar-refractivity contribution >= 4 is 5.91 Å². The van der Waals surface area contributed by atoms with Crippen LogP contribution in [0.5, 0.6) is 0 Å². The second-order valence-electron chi connectivity index (χ2n) is 7.48. The molecule has 6 nitrogen and oxygen atoms in total. The van der Waals surface area contributed by atoms with Gasteiger partial charge in [0.25, 0.3) is 0 Å². The van der Waals surface area contributed by atoms with Gasteiger partial charge in [-0.15, -0.1) is 0 Å². The van der Waals surface area contributed by atoms with Gasteiger partial charge in [0.2, 0.25) is 5.91 Å². The van der Waals surface area contributed by atoms with Crippen LogP contribution in [0.3, 0.4) is 0 Å². The Morgan fingerprint density at radius 3 is 2.52 bits per heavy atom. The van der Waals surface area contributed by atoms with Gasteiger partial charge in [0.05, 0.1) is 18.3 Å². The number of nitrogens with zero attached hydrogens (tertiary/aromatic N) is 3. The fourth-order valence-corrected chi connectivity index (χ4v) is 3.49. The number of piperazine rings is 1. The molecule has 6 heteroatoms. The van der Waals surface area contributed by atoms with Crippen molar-refractivity contribution in [2.24, 2.45) is 0 Å². The summed E-state index contributed by atoms with van der Waals surface area (Å²) in [6.45, 7) is 11.1. The number of aromatic nitrogens is 1. The number of carbonyl (C=O) groups excluding carboxylic acids is 1. The van der Waals surface area contributed by atoms with Gasteiger partial charge in [-0.1, -0.05) is 42.4 Å². The van der Waals surface area contributed by atoms with Crippen LogP contribution < -0.4 is 5.32 Å². The molecular weight excluding hydrogens is 340 g/mol. The molecule has 1 aliphatic rings. The number of benzene rings is 1. The zero-order valence-electron chi connectivity index (χ0n) is 16.5. The maximum absolute atomic E-state index is 12.6. The van der Waals surface area contributed by atoms with Crippen LogP contribution in [0.15, 0.2) is 40.9 Å². The number of amides is 1. The van der Waals surface area contributed by atoms with Crippen LogP contribution in [-0.4, -0.2) is 59.6 Å². The van der Waals surface area contributed by atoms with Crippen molar-refractivity contribution in [2.45, 2.75) is 39.3 Å². The molecule has 1 fully saturated rings. The topological polar surface area (TPSA) is 61.6 Å². The Hall–Kier alpha value is -2.18. The molecule has 146 valence electrons. The monoisotopic (exact) mass is 370 g/mol. The zero-order chi connectivity index (χ0) is 19.2. The van der Waals surface area contributed by atoms with Crippen LogP contribution in [0.2, 0.25) is 0 Å². The number of aryl methyl sites for hydroxylation is 1. The molecule has 1 aromatic heterocycles. The highest BCUT2D eigenvalue weighted by Crippen LogP contribution is 2.14. The van der Waals surface area contributed by atoms with Gasteiger partial charge >= 0.3 is 0 Å². The summed E-state index contributed by atoms with van der Waals surface area (Å²) in [6, 6.07) is 12.2. The molecule has 1 amide bonds. The highest BCUT2D eigenvalue weighted by Gasteiger charge is 2.26.